The molecule has 2 aromatic rings. The summed E-state index contributed by atoms with van der Waals surface area (Å²) in [6, 6.07) is 11.5. The third kappa shape index (κ3) is 4.72. The highest BCUT2D eigenvalue weighted by atomic mass is 32.2. The van der Waals surface area contributed by atoms with Crippen LogP contribution in [0.5, 0.6) is 5.75 Å². The Morgan fingerprint density at radius 1 is 1.23 bits per heavy atom. The summed E-state index contributed by atoms with van der Waals surface area (Å²) in [5, 5.41) is 5.35. The summed E-state index contributed by atoms with van der Waals surface area (Å²) in [6.07, 6.45) is 1.03. The van der Waals surface area contributed by atoms with Crippen molar-refractivity contribution >= 4 is 35.0 Å². The Balaban J connectivity index is 1.59. The van der Waals surface area contributed by atoms with Gasteiger partial charge in [-0.25, -0.2) is 0 Å². The van der Waals surface area contributed by atoms with Crippen LogP contribution in [0.2, 0.25) is 0 Å². The van der Waals surface area contributed by atoms with E-state index in [4.69, 9.17) is 4.74 Å². The number of hydrogen-bond donors (Lipinski definition) is 2. The van der Waals surface area contributed by atoms with Crippen molar-refractivity contribution in [3.05, 3.63) is 48.0 Å². The number of rotatable bonds is 6. The largest absolute Gasteiger partial charge is 0.484 e. The number of anilines is 2. The zero-order chi connectivity index (χ0) is 18.5. The van der Waals surface area contributed by atoms with Crippen LogP contribution < -0.4 is 15.4 Å². The Kier molecular flexibility index (Phi) is 5.72. The second-order valence-corrected chi connectivity index (χ2v) is 6.61. The lowest BCUT2D eigenvalue weighted by molar-refractivity contribution is -0.118. The SMILES string of the molecule is O=C1CCc2cc(OCC(=O)Nc3ccccc3SC(F)F)ccc2N1. The molecule has 1 heterocycles. The molecular formula is C18H16F2N2O3S. The van der Waals surface area contributed by atoms with E-state index in [2.05, 4.69) is 10.6 Å². The predicted octanol–water partition coefficient (Wildman–Crippen LogP) is 3.90. The highest BCUT2D eigenvalue weighted by Gasteiger charge is 2.16. The van der Waals surface area contributed by atoms with E-state index < -0.39 is 11.7 Å². The first-order valence-electron chi connectivity index (χ1n) is 7.90. The first-order chi connectivity index (χ1) is 12.5. The highest BCUT2D eigenvalue weighted by molar-refractivity contribution is 7.99. The molecule has 0 fully saturated rings. The zero-order valence-corrected chi connectivity index (χ0v) is 14.4. The molecule has 1 aliphatic rings. The number of thioether (sulfide) groups is 1. The lowest BCUT2D eigenvalue weighted by atomic mass is 10.0. The van der Waals surface area contributed by atoms with E-state index in [0.717, 1.165) is 11.3 Å². The van der Waals surface area contributed by atoms with E-state index >= 15 is 0 Å². The average molecular weight is 378 g/mol. The minimum atomic E-state index is -2.57. The number of carbonyl (C=O) groups excluding carboxylic acids is 2. The first kappa shape index (κ1) is 18.2. The van der Waals surface area contributed by atoms with Gasteiger partial charge in [0.15, 0.2) is 6.61 Å². The molecule has 5 nitrogen and oxygen atoms in total. The normalized spacial score (nSPS) is 13.1. The maximum absolute atomic E-state index is 12.6. The van der Waals surface area contributed by atoms with Gasteiger partial charge in [-0.05, 0) is 42.3 Å². The van der Waals surface area contributed by atoms with Crippen molar-refractivity contribution in [2.45, 2.75) is 23.5 Å². The van der Waals surface area contributed by atoms with Crippen LogP contribution in [0, 0.1) is 0 Å². The third-order valence-electron chi connectivity index (χ3n) is 3.72. The van der Waals surface area contributed by atoms with Crippen LogP contribution in [0.4, 0.5) is 20.2 Å². The molecule has 0 spiro atoms. The molecule has 2 N–H and O–H groups in total. The monoisotopic (exact) mass is 378 g/mol. The van der Waals surface area contributed by atoms with Crippen LogP contribution in [0.1, 0.15) is 12.0 Å². The van der Waals surface area contributed by atoms with E-state index in [9.17, 15) is 18.4 Å². The van der Waals surface area contributed by atoms with Gasteiger partial charge in [-0.1, -0.05) is 23.9 Å². The molecule has 1 aliphatic heterocycles. The minimum absolute atomic E-state index is 0.0223. The van der Waals surface area contributed by atoms with E-state index in [1.54, 1.807) is 36.4 Å². The summed E-state index contributed by atoms with van der Waals surface area (Å²) in [4.78, 5) is 23.7. The van der Waals surface area contributed by atoms with E-state index in [0.29, 0.717) is 40.9 Å². The Morgan fingerprint density at radius 2 is 2.04 bits per heavy atom. The molecular weight excluding hydrogens is 362 g/mol. The van der Waals surface area contributed by atoms with Crippen LogP contribution in [0.15, 0.2) is 47.4 Å². The molecule has 8 heteroatoms. The molecule has 136 valence electrons. The number of para-hydroxylation sites is 1. The zero-order valence-electron chi connectivity index (χ0n) is 13.6. The van der Waals surface area contributed by atoms with Gasteiger partial charge in [-0.2, -0.15) is 8.78 Å². The summed E-state index contributed by atoms with van der Waals surface area (Å²) < 4.78 is 30.6. The number of aryl methyl sites for hydroxylation is 1. The summed E-state index contributed by atoms with van der Waals surface area (Å²) >= 11 is 0.374. The number of amides is 2. The van der Waals surface area contributed by atoms with Gasteiger partial charge in [0.05, 0.1) is 5.69 Å². The smallest absolute Gasteiger partial charge is 0.288 e. The van der Waals surface area contributed by atoms with Gasteiger partial charge in [0.2, 0.25) is 5.91 Å². The fraction of sp³-hybridized carbons (Fsp3) is 0.222. The molecule has 2 aromatic carbocycles. The van der Waals surface area contributed by atoms with Crippen LogP contribution >= 0.6 is 11.8 Å². The van der Waals surface area contributed by atoms with Gasteiger partial charge < -0.3 is 15.4 Å². The molecule has 26 heavy (non-hydrogen) atoms. The predicted molar refractivity (Wildman–Crippen MR) is 95.8 cm³/mol. The molecule has 0 radical (unpaired) electrons. The number of benzene rings is 2. The summed E-state index contributed by atoms with van der Waals surface area (Å²) in [6.45, 7) is -0.251. The van der Waals surface area contributed by atoms with Gasteiger partial charge in [-0.15, -0.1) is 0 Å². The van der Waals surface area contributed by atoms with Gasteiger partial charge in [0.1, 0.15) is 5.75 Å². The van der Waals surface area contributed by atoms with E-state index in [-0.39, 0.29) is 12.5 Å². The molecule has 0 aliphatic carbocycles. The Hall–Kier alpha value is -2.61. The summed E-state index contributed by atoms with van der Waals surface area (Å²) in [5.41, 5.74) is 2.01. The maximum atomic E-state index is 12.6. The van der Waals surface area contributed by atoms with Crippen LogP contribution in [-0.2, 0) is 16.0 Å². The van der Waals surface area contributed by atoms with Crippen molar-refractivity contribution in [3.8, 4) is 5.75 Å². The van der Waals surface area contributed by atoms with Crippen molar-refractivity contribution < 1.29 is 23.1 Å². The van der Waals surface area contributed by atoms with Gasteiger partial charge >= 0.3 is 0 Å². The lowest BCUT2D eigenvalue weighted by Gasteiger charge is -2.17. The van der Waals surface area contributed by atoms with Crippen molar-refractivity contribution in [2.75, 3.05) is 17.2 Å². The lowest BCUT2D eigenvalue weighted by Crippen LogP contribution is -2.21. The fourth-order valence-electron chi connectivity index (χ4n) is 2.55. The van der Waals surface area contributed by atoms with Crippen molar-refractivity contribution in [1.29, 1.82) is 0 Å². The van der Waals surface area contributed by atoms with Crippen LogP contribution in [0.25, 0.3) is 0 Å². The van der Waals surface area contributed by atoms with Gasteiger partial charge in [0, 0.05) is 17.0 Å². The molecule has 0 atom stereocenters. The molecule has 2 amide bonds. The first-order valence-corrected chi connectivity index (χ1v) is 8.78. The number of fused-ring (bicyclic) bond motifs is 1. The second kappa shape index (κ2) is 8.18. The second-order valence-electron chi connectivity index (χ2n) is 5.58. The molecule has 0 saturated heterocycles. The van der Waals surface area contributed by atoms with Gasteiger partial charge in [-0.3, -0.25) is 9.59 Å². The average Bonchev–Trinajstić information content (AvgIpc) is 2.61. The van der Waals surface area contributed by atoms with Crippen molar-refractivity contribution in [2.24, 2.45) is 0 Å². The highest BCUT2D eigenvalue weighted by Crippen LogP contribution is 2.31. The van der Waals surface area contributed by atoms with Crippen molar-refractivity contribution in [3.63, 3.8) is 0 Å². The molecule has 0 bridgehead atoms. The number of nitrogens with one attached hydrogen (secondary N) is 2. The third-order valence-corrected chi connectivity index (χ3v) is 4.51. The van der Waals surface area contributed by atoms with E-state index in [1.807, 2.05) is 0 Å². The summed E-state index contributed by atoms with van der Waals surface area (Å²) in [7, 11) is 0. The number of alkyl halides is 2. The Labute approximate surface area is 153 Å². The molecule has 0 unspecified atom stereocenters. The number of carbonyl (C=O) groups is 2. The molecule has 0 saturated carbocycles. The Bertz CT molecular complexity index is 830. The quantitative estimate of drug-likeness (QED) is 0.748. The number of halogens is 2. The molecule has 0 aromatic heterocycles. The minimum Gasteiger partial charge on any atom is -0.484 e. The topological polar surface area (TPSA) is 67.4 Å². The van der Waals surface area contributed by atoms with Gasteiger partial charge in [0.25, 0.3) is 11.7 Å². The van der Waals surface area contributed by atoms with Crippen LogP contribution in [0.3, 0.4) is 0 Å². The maximum Gasteiger partial charge on any atom is 0.288 e. The van der Waals surface area contributed by atoms with Crippen LogP contribution in [-0.4, -0.2) is 24.2 Å². The number of hydrogen-bond acceptors (Lipinski definition) is 4. The standard InChI is InChI=1S/C18H16F2N2O3S/c19-18(20)26-15-4-2-1-3-14(15)22-17(24)10-25-12-6-7-13-11(9-12)5-8-16(23)21-13/h1-4,6-7,9,18H,5,8,10H2,(H,21,23)(H,22,24). The van der Waals surface area contributed by atoms with Crippen molar-refractivity contribution in [1.82, 2.24) is 0 Å². The molecule has 3 rings (SSSR count). The van der Waals surface area contributed by atoms with E-state index in [1.165, 1.54) is 6.07 Å². The fourth-order valence-corrected chi connectivity index (χ4v) is 3.15. The Morgan fingerprint density at radius 3 is 2.85 bits per heavy atom. The summed E-state index contributed by atoms with van der Waals surface area (Å²) in [5.74, 6) is -2.53. The number of ether oxygens (including phenoxy) is 1.